The molecule has 0 aliphatic heterocycles. The molecule has 0 spiro atoms. The molecule has 0 N–H and O–H groups in total. The minimum atomic E-state index is -5.07. The Bertz CT molecular complexity index is 223. The van der Waals surface area contributed by atoms with Gasteiger partial charge in [0.05, 0.1) is 10.1 Å². The zero-order chi connectivity index (χ0) is 9.49. The average Bonchev–Trinajstić information content (AvgIpc) is 1.87. The molecule has 0 aromatic rings. The molecule has 0 saturated carbocycles. The summed E-state index contributed by atoms with van der Waals surface area (Å²) in [6.45, 7) is 0. The van der Waals surface area contributed by atoms with Crippen molar-refractivity contribution < 1.29 is 85.6 Å². The van der Waals surface area contributed by atoms with Gasteiger partial charge in [0.1, 0.15) is 0 Å². The summed E-state index contributed by atoms with van der Waals surface area (Å²) in [4.78, 5) is 9.06. The zero-order valence-electron chi connectivity index (χ0n) is 6.70. The molecule has 12 heteroatoms. The fourth-order valence-corrected chi connectivity index (χ4v) is 0. The van der Waals surface area contributed by atoms with Crippen LogP contribution in [0, 0.1) is 0 Å². The third-order valence-electron chi connectivity index (χ3n) is 0.210. The first-order valence-corrected chi connectivity index (χ1v) is 6.59. The minimum Gasteiger partial charge on any atom is -0.761 e. The largest absolute Gasteiger partial charge is 1.00 e. The van der Waals surface area contributed by atoms with Crippen LogP contribution in [0.1, 0.15) is 0 Å². The van der Waals surface area contributed by atoms with Gasteiger partial charge in [0.25, 0.3) is 0 Å². The molecule has 0 fully saturated rings. The monoisotopic (exact) mass is 284 g/mol. The number of thiol groups is 1. The van der Waals surface area contributed by atoms with E-state index in [-0.39, 0.29) is 59.1 Å². The van der Waals surface area contributed by atoms with Crippen LogP contribution in [-0.4, -0.2) is 27.4 Å². The van der Waals surface area contributed by atoms with E-state index in [1.165, 1.54) is 0 Å². The molecule has 0 aromatic carbocycles. The van der Waals surface area contributed by atoms with Crippen molar-refractivity contribution in [1.82, 2.24) is 0 Å². The van der Waals surface area contributed by atoms with E-state index >= 15 is 0 Å². The summed E-state index contributed by atoms with van der Waals surface area (Å²) < 4.78 is 45.7. The topological polar surface area (TPSA) is 114 Å². The van der Waals surface area contributed by atoms with E-state index in [0.29, 0.717) is 5.62 Å². The smallest absolute Gasteiger partial charge is 0.761 e. The van der Waals surface area contributed by atoms with Crippen molar-refractivity contribution in [1.29, 1.82) is 0 Å². The van der Waals surface area contributed by atoms with Gasteiger partial charge in [-0.15, -0.1) is 11.7 Å². The minimum absolute atomic E-state index is 0. The summed E-state index contributed by atoms with van der Waals surface area (Å²) in [5, 5.41) is 0. The Morgan fingerprint density at radius 3 is 1.54 bits per heavy atom. The van der Waals surface area contributed by atoms with Gasteiger partial charge in [-0.25, -0.2) is 8.42 Å². The molecular weight excluding hydrogens is 282 g/mol. The molecule has 0 saturated heterocycles. The van der Waals surface area contributed by atoms with Crippen molar-refractivity contribution in [2.24, 2.45) is 0 Å². The standard InChI is InChI=1S/CH2OS2.2Na.H2O5S2/c2-1-4-3;;;1-6(2)7(3,4)5/h1,3H;;;(H,1,2)(H,3,4,5)/q;2*+1;/p-2. The number of rotatable bonds is 2. The second kappa shape index (κ2) is 14.4. The van der Waals surface area contributed by atoms with E-state index in [4.69, 9.17) is 26.5 Å². The molecule has 13 heavy (non-hydrogen) atoms. The summed E-state index contributed by atoms with van der Waals surface area (Å²) in [5.74, 6) is 0. The van der Waals surface area contributed by atoms with Crippen LogP contribution in [0.5, 0.6) is 0 Å². The first kappa shape index (κ1) is 24.6. The Labute approximate surface area is 131 Å². The van der Waals surface area contributed by atoms with Crippen molar-refractivity contribution in [2.75, 3.05) is 0 Å². The van der Waals surface area contributed by atoms with Crippen LogP contribution in [0.15, 0.2) is 0 Å². The maximum atomic E-state index is 9.16. The Kier molecular flexibility index (Phi) is 27.2. The van der Waals surface area contributed by atoms with Crippen molar-refractivity contribution in [2.45, 2.75) is 0 Å². The Hall–Kier alpha value is 2.39. The van der Waals surface area contributed by atoms with Crippen LogP contribution in [0.4, 0.5) is 0 Å². The molecule has 0 aromatic heterocycles. The van der Waals surface area contributed by atoms with Gasteiger partial charge in [0, 0.05) is 0 Å². The number of carbonyl (C=O) groups is 1. The van der Waals surface area contributed by atoms with E-state index in [0.717, 1.165) is 10.8 Å². The van der Waals surface area contributed by atoms with Crippen LogP contribution >= 0.6 is 22.5 Å². The van der Waals surface area contributed by atoms with Crippen molar-refractivity contribution in [3.05, 3.63) is 0 Å². The fourth-order valence-electron chi connectivity index (χ4n) is 0. The molecule has 0 rings (SSSR count). The predicted octanol–water partition coefficient (Wildman–Crippen LogP) is -6.91. The van der Waals surface area contributed by atoms with Crippen molar-refractivity contribution in [3.63, 3.8) is 0 Å². The summed E-state index contributed by atoms with van der Waals surface area (Å²) >= 11 is 3.47. The summed E-state index contributed by atoms with van der Waals surface area (Å²) in [5.41, 5.74) is 0.656. The van der Waals surface area contributed by atoms with Gasteiger partial charge in [0.15, 0.2) is 14.8 Å². The van der Waals surface area contributed by atoms with Crippen LogP contribution < -0.4 is 59.1 Å². The molecule has 1 unspecified atom stereocenters. The molecule has 0 aliphatic carbocycles. The Balaban J connectivity index is -0.0000000600. The van der Waals surface area contributed by atoms with Crippen LogP contribution in [-0.2, 0) is 24.1 Å². The third-order valence-corrected chi connectivity index (χ3v) is 1.89. The van der Waals surface area contributed by atoms with Gasteiger partial charge in [-0.2, -0.15) is 0 Å². The molecular formula is CH2Na2O6S4. The predicted molar refractivity (Wildman–Crippen MR) is 41.9 cm³/mol. The molecule has 0 aliphatic rings. The maximum Gasteiger partial charge on any atom is 1.00 e. The quantitative estimate of drug-likeness (QED) is 0.134. The van der Waals surface area contributed by atoms with Crippen molar-refractivity contribution >= 4 is 47.3 Å². The maximum absolute atomic E-state index is 9.16. The van der Waals surface area contributed by atoms with Gasteiger partial charge < -0.3 is 9.11 Å². The first-order valence-electron chi connectivity index (χ1n) is 1.65. The molecule has 6 nitrogen and oxygen atoms in total. The van der Waals surface area contributed by atoms with Crippen molar-refractivity contribution in [3.8, 4) is 0 Å². The van der Waals surface area contributed by atoms with Gasteiger partial charge in [0.2, 0.25) is 0 Å². The van der Waals surface area contributed by atoms with Gasteiger partial charge in [-0.1, -0.05) is 0 Å². The number of carbonyl (C=O) groups excluding carboxylic acids is 1. The Morgan fingerprint density at radius 2 is 1.54 bits per heavy atom. The zero-order valence-corrected chi connectivity index (χ0v) is 14.0. The summed E-state index contributed by atoms with van der Waals surface area (Å²) in [6.07, 6.45) is 0. The molecule has 0 bridgehead atoms. The van der Waals surface area contributed by atoms with Gasteiger partial charge in [-0.05, 0) is 10.8 Å². The summed E-state index contributed by atoms with van der Waals surface area (Å²) in [7, 11) is -7.72. The second-order valence-electron chi connectivity index (χ2n) is 0.814. The van der Waals surface area contributed by atoms with Gasteiger partial charge >= 0.3 is 59.1 Å². The SMILES string of the molecule is O=CSS.O=S([O-])S(=O)(=O)[O-].[Na+].[Na+]. The van der Waals surface area contributed by atoms with E-state index in [2.05, 4.69) is 11.7 Å². The van der Waals surface area contributed by atoms with Crippen LogP contribution in [0.25, 0.3) is 0 Å². The molecule has 68 valence electrons. The third kappa shape index (κ3) is 25.1. The van der Waals surface area contributed by atoms with E-state index in [9.17, 15) is 0 Å². The molecule has 0 amide bonds. The molecule has 0 heterocycles. The number of hydrogen-bond donors (Lipinski definition) is 1. The summed E-state index contributed by atoms with van der Waals surface area (Å²) in [6, 6.07) is 0. The normalized spacial score (nSPS) is 10.7. The molecule has 1 atom stereocenters. The Morgan fingerprint density at radius 1 is 1.38 bits per heavy atom. The van der Waals surface area contributed by atoms with E-state index in [1.807, 2.05) is 0 Å². The van der Waals surface area contributed by atoms with E-state index < -0.39 is 19.3 Å². The fraction of sp³-hybridized carbons (Fsp3) is 0. The van der Waals surface area contributed by atoms with Crippen LogP contribution in [0.3, 0.4) is 0 Å². The molecule has 0 radical (unpaired) electrons. The van der Waals surface area contributed by atoms with Gasteiger partial charge in [-0.3, -0.25) is 9.00 Å². The first-order chi connectivity index (χ1) is 4.86. The number of hydrogen-bond acceptors (Lipinski definition) is 8. The van der Waals surface area contributed by atoms with E-state index in [1.54, 1.807) is 0 Å². The average molecular weight is 284 g/mol. The van der Waals surface area contributed by atoms with Crippen LogP contribution in [0.2, 0.25) is 0 Å². The second-order valence-corrected chi connectivity index (χ2v) is 5.12.